The number of rotatable bonds is 7. The van der Waals surface area contributed by atoms with Crippen molar-refractivity contribution in [3.8, 4) is 0 Å². The van der Waals surface area contributed by atoms with Gasteiger partial charge in [-0.25, -0.2) is 0 Å². The Bertz CT molecular complexity index is 866. The van der Waals surface area contributed by atoms with Gasteiger partial charge >= 0.3 is 5.97 Å². The van der Waals surface area contributed by atoms with Crippen molar-refractivity contribution in [2.45, 2.75) is 39.0 Å². The van der Waals surface area contributed by atoms with E-state index in [0.29, 0.717) is 29.5 Å². The van der Waals surface area contributed by atoms with Gasteiger partial charge in [0.05, 0.1) is 5.92 Å². The van der Waals surface area contributed by atoms with Gasteiger partial charge < -0.3 is 5.11 Å². The predicted octanol–water partition coefficient (Wildman–Crippen LogP) is 4.29. The third-order valence-corrected chi connectivity index (χ3v) is 5.01. The van der Waals surface area contributed by atoms with Crippen LogP contribution in [0.15, 0.2) is 42.5 Å². The fourth-order valence-electron chi connectivity index (χ4n) is 3.47. The van der Waals surface area contributed by atoms with Crippen LogP contribution in [0.25, 0.3) is 0 Å². The van der Waals surface area contributed by atoms with Crippen LogP contribution in [0.4, 0.5) is 0 Å². The van der Waals surface area contributed by atoms with Crippen molar-refractivity contribution in [1.29, 1.82) is 0 Å². The van der Waals surface area contributed by atoms with E-state index in [-0.39, 0.29) is 18.0 Å². The minimum absolute atomic E-state index is 0.0289. The zero-order valence-corrected chi connectivity index (χ0v) is 14.8. The van der Waals surface area contributed by atoms with Crippen molar-refractivity contribution in [2.75, 3.05) is 0 Å². The van der Waals surface area contributed by atoms with Crippen molar-refractivity contribution in [3.05, 3.63) is 70.3 Å². The molecule has 0 radical (unpaired) electrons. The first kappa shape index (κ1) is 18.1. The average Bonchev–Trinajstić information content (AvgIpc) is 2.64. The molecule has 0 aromatic heterocycles. The van der Waals surface area contributed by atoms with Crippen molar-refractivity contribution in [2.24, 2.45) is 5.92 Å². The van der Waals surface area contributed by atoms with Gasteiger partial charge in [-0.2, -0.15) is 0 Å². The van der Waals surface area contributed by atoms with E-state index in [2.05, 4.69) is 0 Å². The van der Waals surface area contributed by atoms with Crippen LogP contribution >= 0.6 is 0 Å². The minimum Gasteiger partial charge on any atom is -0.481 e. The molecule has 0 saturated heterocycles. The van der Waals surface area contributed by atoms with E-state index in [4.69, 9.17) is 0 Å². The quantitative estimate of drug-likeness (QED) is 0.645. The Labute approximate surface area is 152 Å². The molecule has 0 amide bonds. The maximum Gasteiger partial charge on any atom is 0.306 e. The highest BCUT2D eigenvalue weighted by molar-refractivity contribution is 6.13. The molecule has 3 rings (SSSR count). The Morgan fingerprint density at radius 3 is 2.54 bits per heavy atom. The summed E-state index contributed by atoms with van der Waals surface area (Å²) in [6, 6.07) is 12.7. The van der Waals surface area contributed by atoms with E-state index >= 15 is 0 Å². The van der Waals surface area contributed by atoms with Gasteiger partial charge in [0.15, 0.2) is 11.6 Å². The average molecular weight is 350 g/mol. The molecule has 1 aliphatic carbocycles. The lowest BCUT2D eigenvalue weighted by molar-refractivity contribution is -0.141. The van der Waals surface area contributed by atoms with Gasteiger partial charge in [0.25, 0.3) is 0 Å². The van der Waals surface area contributed by atoms with Crippen molar-refractivity contribution in [1.82, 2.24) is 0 Å². The number of Topliss-reactive ketones (excluding diaryl/α,β-unsaturated/α-hetero) is 1. The summed E-state index contributed by atoms with van der Waals surface area (Å²) < 4.78 is 0. The molecule has 4 heteroatoms. The molecule has 1 N–H and O–H groups in total. The van der Waals surface area contributed by atoms with Crippen LogP contribution in [-0.4, -0.2) is 22.6 Å². The largest absolute Gasteiger partial charge is 0.481 e. The third-order valence-electron chi connectivity index (χ3n) is 5.01. The number of carbonyl (C=O) groups is 3. The standard InChI is InChI=1S/C22H22O4/c1-2-3-6-17(22(25)26)13-20(23)16-10-9-15-11-14-7-4-5-8-18(14)21(24)19(15)12-16/h4-5,7-10,12,17H,2-3,6,11,13H2,1H3,(H,25,26). The molecule has 134 valence electrons. The first-order chi connectivity index (χ1) is 12.5. The monoisotopic (exact) mass is 350 g/mol. The molecular formula is C22H22O4. The Morgan fingerprint density at radius 2 is 1.81 bits per heavy atom. The van der Waals surface area contributed by atoms with Crippen molar-refractivity contribution >= 4 is 17.5 Å². The normalized spacial score (nSPS) is 13.7. The zero-order chi connectivity index (χ0) is 18.7. The molecule has 0 bridgehead atoms. The summed E-state index contributed by atoms with van der Waals surface area (Å²) in [4.78, 5) is 36.7. The summed E-state index contributed by atoms with van der Waals surface area (Å²) in [5.41, 5.74) is 3.55. The molecule has 0 heterocycles. The van der Waals surface area contributed by atoms with Crippen LogP contribution < -0.4 is 0 Å². The van der Waals surface area contributed by atoms with Crippen LogP contribution in [0.3, 0.4) is 0 Å². The molecule has 0 saturated carbocycles. The van der Waals surface area contributed by atoms with E-state index in [1.165, 1.54) is 0 Å². The summed E-state index contributed by atoms with van der Waals surface area (Å²) in [5, 5.41) is 9.33. The van der Waals surface area contributed by atoms with E-state index in [1.807, 2.05) is 31.2 Å². The smallest absolute Gasteiger partial charge is 0.306 e. The summed E-state index contributed by atoms with van der Waals surface area (Å²) in [6.45, 7) is 1.99. The van der Waals surface area contributed by atoms with Gasteiger partial charge in [-0.3, -0.25) is 14.4 Å². The first-order valence-corrected chi connectivity index (χ1v) is 9.02. The Kier molecular flexibility index (Phi) is 5.31. The molecule has 1 unspecified atom stereocenters. The first-order valence-electron chi connectivity index (χ1n) is 9.02. The van der Waals surface area contributed by atoms with Crippen molar-refractivity contribution in [3.63, 3.8) is 0 Å². The molecule has 26 heavy (non-hydrogen) atoms. The number of carboxylic acid groups (broad SMARTS) is 1. The van der Waals surface area contributed by atoms with Gasteiger partial charge in [0.2, 0.25) is 0 Å². The van der Waals surface area contributed by atoms with Crippen LogP contribution in [0, 0.1) is 5.92 Å². The van der Waals surface area contributed by atoms with Crippen LogP contribution in [0.5, 0.6) is 0 Å². The Hall–Kier alpha value is -2.75. The van der Waals surface area contributed by atoms with Gasteiger partial charge in [0.1, 0.15) is 0 Å². The number of fused-ring (bicyclic) bond motifs is 2. The molecule has 4 nitrogen and oxygen atoms in total. The topological polar surface area (TPSA) is 71.4 Å². The molecule has 0 aliphatic heterocycles. The number of hydrogen-bond donors (Lipinski definition) is 1. The summed E-state index contributed by atoms with van der Waals surface area (Å²) >= 11 is 0. The summed E-state index contributed by atoms with van der Waals surface area (Å²) in [7, 11) is 0. The van der Waals surface area contributed by atoms with Gasteiger partial charge in [-0.1, -0.05) is 56.2 Å². The highest BCUT2D eigenvalue weighted by Gasteiger charge is 2.26. The number of ketones is 2. The molecule has 2 aromatic carbocycles. The summed E-state index contributed by atoms with van der Waals surface area (Å²) in [5.74, 6) is -1.90. The SMILES string of the molecule is CCCCC(CC(=O)c1ccc2c(c1)C(=O)c1ccccc1C2)C(=O)O. The van der Waals surface area contributed by atoms with E-state index in [9.17, 15) is 19.5 Å². The van der Waals surface area contributed by atoms with E-state index < -0.39 is 11.9 Å². The molecule has 2 aromatic rings. The predicted molar refractivity (Wildman–Crippen MR) is 98.7 cm³/mol. The highest BCUT2D eigenvalue weighted by atomic mass is 16.4. The molecule has 0 spiro atoms. The van der Waals surface area contributed by atoms with Crippen molar-refractivity contribution < 1.29 is 19.5 Å². The van der Waals surface area contributed by atoms with Gasteiger partial charge in [-0.05, 0) is 30.0 Å². The molecular weight excluding hydrogens is 328 g/mol. The highest BCUT2D eigenvalue weighted by Crippen LogP contribution is 2.28. The van der Waals surface area contributed by atoms with E-state index in [1.54, 1.807) is 18.2 Å². The van der Waals surface area contributed by atoms with Crippen LogP contribution in [0.2, 0.25) is 0 Å². The second-order valence-corrected chi connectivity index (χ2v) is 6.84. The Morgan fingerprint density at radius 1 is 1.08 bits per heavy atom. The lowest BCUT2D eigenvalue weighted by Crippen LogP contribution is -2.19. The number of aliphatic carboxylic acids is 1. The lowest BCUT2D eigenvalue weighted by Gasteiger charge is -2.19. The second kappa shape index (κ2) is 7.65. The summed E-state index contributed by atoms with van der Waals surface area (Å²) in [6.07, 6.45) is 2.81. The number of unbranched alkanes of at least 4 members (excludes halogenated alkanes) is 1. The number of hydrogen-bond acceptors (Lipinski definition) is 3. The zero-order valence-electron chi connectivity index (χ0n) is 14.8. The van der Waals surface area contributed by atoms with Gasteiger partial charge in [-0.15, -0.1) is 0 Å². The lowest BCUT2D eigenvalue weighted by atomic mass is 9.83. The fourth-order valence-corrected chi connectivity index (χ4v) is 3.47. The van der Waals surface area contributed by atoms with Gasteiger partial charge in [0, 0.05) is 23.1 Å². The minimum atomic E-state index is -0.935. The number of carboxylic acids is 1. The molecule has 0 fully saturated rings. The maximum atomic E-state index is 12.7. The molecule has 1 aliphatic rings. The number of benzene rings is 2. The van der Waals surface area contributed by atoms with Crippen LogP contribution in [0.1, 0.15) is 70.0 Å². The van der Waals surface area contributed by atoms with Crippen LogP contribution in [-0.2, 0) is 11.2 Å². The third kappa shape index (κ3) is 3.59. The maximum absolute atomic E-state index is 12.7. The Balaban J connectivity index is 1.83. The fraction of sp³-hybridized carbons (Fsp3) is 0.318. The second-order valence-electron chi connectivity index (χ2n) is 6.84. The molecule has 1 atom stereocenters. The van der Waals surface area contributed by atoms with E-state index in [0.717, 1.165) is 24.0 Å². The number of carbonyl (C=O) groups excluding carboxylic acids is 2.